The predicted octanol–water partition coefficient (Wildman–Crippen LogP) is 3.72. The number of nitro benzene ring substituents is 1. The highest BCUT2D eigenvalue weighted by Gasteiger charge is 2.22. The SMILES string of the molecule is N#Cc1ccc(-c2cncc3c2ccn3S(=O)(=O)c2cccc([N+](=O)[O-])c2)cc1. The van der Waals surface area contributed by atoms with Crippen LogP contribution >= 0.6 is 0 Å². The zero-order valence-corrected chi connectivity index (χ0v) is 15.6. The molecule has 4 rings (SSSR count). The van der Waals surface area contributed by atoms with Crippen molar-refractivity contribution in [3.8, 4) is 17.2 Å². The molecule has 0 saturated carbocycles. The first kappa shape index (κ1) is 18.3. The van der Waals surface area contributed by atoms with E-state index < -0.39 is 14.9 Å². The average Bonchev–Trinajstić information content (AvgIpc) is 3.19. The summed E-state index contributed by atoms with van der Waals surface area (Å²) in [5.74, 6) is 0. The maximum atomic E-state index is 13.1. The van der Waals surface area contributed by atoms with Gasteiger partial charge in [0, 0.05) is 35.5 Å². The number of nitriles is 1. The number of aromatic nitrogens is 2. The summed E-state index contributed by atoms with van der Waals surface area (Å²) in [6.07, 6.45) is 4.44. The van der Waals surface area contributed by atoms with Gasteiger partial charge in [0.2, 0.25) is 0 Å². The maximum absolute atomic E-state index is 13.1. The van der Waals surface area contributed by atoms with Crippen molar-refractivity contribution in [2.45, 2.75) is 4.90 Å². The monoisotopic (exact) mass is 404 g/mol. The van der Waals surface area contributed by atoms with Crippen LogP contribution in [0.25, 0.3) is 22.0 Å². The van der Waals surface area contributed by atoms with Crippen LogP contribution in [0.5, 0.6) is 0 Å². The fraction of sp³-hybridized carbons (Fsp3) is 0. The van der Waals surface area contributed by atoms with Crippen molar-refractivity contribution in [2.24, 2.45) is 0 Å². The van der Waals surface area contributed by atoms with Gasteiger partial charge in [-0.3, -0.25) is 15.1 Å². The summed E-state index contributed by atoms with van der Waals surface area (Å²) < 4.78 is 27.2. The lowest BCUT2D eigenvalue weighted by atomic mass is 10.0. The van der Waals surface area contributed by atoms with Crippen LogP contribution in [-0.2, 0) is 10.0 Å². The molecule has 0 spiro atoms. The molecule has 4 aromatic rings. The Bertz CT molecular complexity index is 1400. The van der Waals surface area contributed by atoms with E-state index in [1.807, 2.05) is 0 Å². The molecule has 0 N–H and O–H groups in total. The smallest absolute Gasteiger partial charge is 0.262 e. The van der Waals surface area contributed by atoms with Crippen molar-refractivity contribution in [3.05, 3.63) is 88.9 Å². The lowest BCUT2D eigenvalue weighted by Crippen LogP contribution is -2.12. The summed E-state index contributed by atoms with van der Waals surface area (Å²) in [6, 6.07) is 15.5. The van der Waals surface area contributed by atoms with Crippen LogP contribution in [0.3, 0.4) is 0 Å². The Morgan fingerprint density at radius 3 is 2.52 bits per heavy atom. The standard InChI is InChI=1S/C20H12N4O4S/c21-11-14-4-6-15(7-5-14)19-12-22-13-20-18(19)8-9-23(20)29(27,28)17-3-1-2-16(10-17)24(25)26/h1-10,12-13H. The number of fused-ring (bicyclic) bond motifs is 1. The van der Waals surface area contributed by atoms with Gasteiger partial charge in [-0.05, 0) is 29.8 Å². The van der Waals surface area contributed by atoms with Crippen molar-refractivity contribution in [1.82, 2.24) is 8.96 Å². The second kappa shape index (κ2) is 6.85. The molecular formula is C20H12N4O4S. The Labute approximate surface area is 165 Å². The van der Waals surface area contributed by atoms with Gasteiger partial charge in [0.1, 0.15) is 0 Å². The summed E-state index contributed by atoms with van der Waals surface area (Å²) in [6.45, 7) is 0. The Balaban J connectivity index is 1.87. The van der Waals surface area contributed by atoms with E-state index in [4.69, 9.17) is 5.26 Å². The first-order chi connectivity index (χ1) is 13.9. The number of benzene rings is 2. The van der Waals surface area contributed by atoms with Crippen molar-refractivity contribution in [2.75, 3.05) is 0 Å². The Kier molecular flexibility index (Phi) is 4.33. The molecule has 0 radical (unpaired) electrons. The van der Waals surface area contributed by atoms with E-state index in [9.17, 15) is 18.5 Å². The molecule has 8 nitrogen and oxygen atoms in total. The molecule has 0 bridgehead atoms. The molecule has 0 aliphatic rings. The Morgan fingerprint density at radius 2 is 1.83 bits per heavy atom. The molecular weight excluding hydrogens is 392 g/mol. The van der Waals surface area contributed by atoms with E-state index >= 15 is 0 Å². The van der Waals surface area contributed by atoms with Crippen LogP contribution < -0.4 is 0 Å². The van der Waals surface area contributed by atoms with Gasteiger partial charge in [-0.25, -0.2) is 12.4 Å². The van der Waals surface area contributed by atoms with Crippen LogP contribution in [0.1, 0.15) is 5.56 Å². The van der Waals surface area contributed by atoms with Crippen LogP contribution in [0.4, 0.5) is 5.69 Å². The predicted molar refractivity (Wildman–Crippen MR) is 106 cm³/mol. The number of pyridine rings is 1. The van der Waals surface area contributed by atoms with Crippen molar-refractivity contribution < 1.29 is 13.3 Å². The lowest BCUT2D eigenvalue weighted by Gasteiger charge is -2.09. The highest BCUT2D eigenvalue weighted by Crippen LogP contribution is 2.31. The zero-order valence-electron chi connectivity index (χ0n) is 14.8. The second-order valence-corrected chi connectivity index (χ2v) is 8.00. The van der Waals surface area contributed by atoms with Gasteiger partial charge in [0.15, 0.2) is 0 Å². The fourth-order valence-corrected chi connectivity index (χ4v) is 4.44. The van der Waals surface area contributed by atoms with Crippen LogP contribution in [0.2, 0.25) is 0 Å². The second-order valence-electron chi connectivity index (χ2n) is 6.18. The summed E-state index contributed by atoms with van der Waals surface area (Å²) in [7, 11) is -4.06. The molecule has 29 heavy (non-hydrogen) atoms. The maximum Gasteiger partial charge on any atom is 0.270 e. The third-order valence-electron chi connectivity index (χ3n) is 4.49. The number of nitro groups is 1. The molecule has 142 valence electrons. The first-order valence-electron chi connectivity index (χ1n) is 8.37. The highest BCUT2D eigenvalue weighted by atomic mass is 32.2. The topological polar surface area (TPSA) is 119 Å². The average molecular weight is 404 g/mol. The minimum Gasteiger partial charge on any atom is -0.262 e. The van der Waals surface area contributed by atoms with Crippen molar-refractivity contribution in [3.63, 3.8) is 0 Å². The molecule has 0 saturated heterocycles. The van der Waals surface area contributed by atoms with Crippen molar-refractivity contribution in [1.29, 1.82) is 5.26 Å². The number of nitrogens with zero attached hydrogens (tertiary/aromatic N) is 4. The molecule has 9 heteroatoms. The molecule has 0 fully saturated rings. The van der Waals surface area contributed by atoms with Gasteiger partial charge in [-0.2, -0.15) is 5.26 Å². The van der Waals surface area contributed by atoms with Crippen LogP contribution in [0, 0.1) is 21.4 Å². The van der Waals surface area contributed by atoms with Gasteiger partial charge < -0.3 is 0 Å². The highest BCUT2D eigenvalue weighted by molar-refractivity contribution is 7.90. The van der Waals surface area contributed by atoms with Gasteiger partial charge in [0.05, 0.1) is 33.2 Å². The third-order valence-corrected chi connectivity index (χ3v) is 6.18. The van der Waals surface area contributed by atoms with Crippen molar-refractivity contribution >= 4 is 26.6 Å². The van der Waals surface area contributed by atoms with E-state index in [0.29, 0.717) is 22.0 Å². The summed E-state index contributed by atoms with van der Waals surface area (Å²) in [4.78, 5) is 14.3. The van der Waals surface area contributed by atoms with E-state index in [2.05, 4.69) is 11.1 Å². The molecule has 0 aliphatic heterocycles. The van der Waals surface area contributed by atoms with Gasteiger partial charge in [0.25, 0.3) is 15.7 Å². The molecule has 0 amide bonds. The van der Waals surface area contributed by atoms with Gasteiger partial charge in [-0.15, -0.1) is 0 Å². The number of hydrogen-bond donors (Lipinski definition) is 0. The van der Waals surface area contributed by atoms with E-state index in [1.54, 1.807) is 36.5 Å². The van der Waals surface area contributed by atoms with E-state index in [-0.39, 0.29) is 10.6 Å². The van der Waals surface area contributed by atoms with E-state index in [0.717, 1.165) is 15.6 Å². The first-order valence-corrected chi connectivity index (χ1v) is 9.81. The van der Waals surface area contributed by atoms with E-state index in [1.165, 1.54) is 30.6 Å². The van der Waals surface area contributed by atoms with Gasteiger partial charge in [-0.1, -0.05) is 18.2 Å². The molecule has 0 atom stereocenters. The third kappa shape index (κ3) is 3.11. The minimum absolute atomic E-state index is 0.187. The summed E-state index contributed by atoms with van der Waals surface area (Å²) >= 11 is 0. The quantitative estimate of drug-likeness (QED) is 0.378. The number of non-ortho nitro benzene ring substituents is 1. The van der Waals surface area contributed by atoms with Crippen LogP contribution in [-0.4, -0.2) is 22.3 Å². The molecule has 2 aromatic carbocycles. The number of rotatable bonds is 4. The molecule has 0 aliphatic carbocycles. The largest absolute Gasteiger partial charge is 0.270 e. The Hall–Kier alpha value is -4.03. The lowest BCUT2D eigenvalue weighted by molar-refractivity contribution is -0.385. The molecule has 2 heterocycles. The zero-order chi connectivity index (χ0) is 20.6. The molecule has 2 aromatic heterocycles. The minimum atomic E-state index is -4.06. The summed E-state index contributed by atoms with van der Waals surface area (Å²) in [5.41, 5.74) is 2.05. The fourth-order valence-electron chi connectivity index (χ4n) is 3.07. The van der Waals surface area contributed by atoms with Gasteiger partial charge >= 0.3 is 0 Å². The summed E-state index contributed by atoms with van der Waals surface area (Å²) in [5, 5.41) is 20.6. The normalized spacial score (nSPS) is 11.3. The molecule has 0 unspecified atom stereocenters. The van der Waals surface area contributed by atoms with Crippen LogP contribution in [0.15, 0.2) is 78.1 Å². The number of hydrogen-bond acceptors (Lipinski definition) is 6. The Morgan fingerprint density at radius 1 is 1.07 bits per heavy atom.